The number of hydrogen-bond acceptors (Lipinski definition) is 7. The number of rotatable bonds is 7. The van der Waals surface area contributed by atoms with Crippen molar-refractivity contribution in [2.24, 2.45) is 0 Å². The number of benzene rings is 1. The van der Waals surface area contributed by atoms with Gasteiger partial charge in [0.05, 0.1) is 11.3 Å². The summed E-state index contributed by atoms with van der Waals surface area (Å²) >= 11 is 1.10. The average molecular weight is 348 g/mol. The summed E-state index contributed by atoms with van der Waals surface area (Å²) in [7, 11) is 0. The Kier molecular flexibility index (Phi) is 5.68. The van der Waals surface area contributed by atoms with Crippen LogP contribution in [-0.2, 0) is 16.0 Å². The summed E-state index contributed by atoms with van der Waals surface area (Å²) in [5.74, 6) is -1.36. The molecule has 0 unspecified atom stereocenters. The third kappa shape index (κ3) is 5.25. The van der Waals surface area contributed by atoms with Crippen molar-refractivity contribution in [1.29, 1.82) is 0 Å². The lowest BCUT2D eigenvalue weighted by Crippen LogP contribution is -2.07. The standard InChI is InChI=1S/C14H12N4O5S/c19-11(6-3-9-1-4-10(5-2-9)18(22)23)15-14-17-16-12(24-14)7-8-13(20)21/h1-6H,7-8H2,(H,20,21)(H,15,17,19)/b6-3+. The van der Waals surface area contributed by atoms with Crippen molar-refractivity contribution in [3.63, 3.8) is 0 Å². The maximum Gasteiger partial charge on any atom is 0.303 e. The number of non-ortho nitro benzene ring substituents is 1. The number of carbonyl (C=O) groups excluding carboxylic acids is 1. The van der Waals surface area contributed by atoms with Crippen molar-refractivity contribution in [1.82, 2.24) is 10.2 Å². The van der Waals surface area contributed by atoms with Crippen molar-refractivity contribution >= 4 is 40.1 Å². The molecular weight excluding hydrogens is 336 g/mol. The predicted octanol–water partition coefficient (Wildman–Crippen LogP) is 2.12. The molecule has 0 aliphatic rings. The van der Waals surface area contributed by atoms with Gasteiger partial charge in [0.2, 0.25) is 11.0 Å². The van der Waals surface area contributed by atoms with Gasteiger partial charge < -0.3 is 5.11 Å². The van der Waals surface area contributed by atoms with E-state index in [1.807, 2.05) is 0 Å². The maximum atomic E-state index is 11.8. The third-order valence-electron chi connectivity index (χ3n) is 2.78. The molecule has 0 aliphatic carbocycles. The molecule has 1 amide bonds. The molecule has 0 fully saturated rings. The van der Waals surface area contributed by atoms with Gasteiger partial charge in [-0.05, 0) is 23.8 Å². The SMILES string of the molecule is O=C(O)CCc1nnc(NC(=O)/C=C/c2ccc([N+](=O)[O-])cc2)s1. The molecule has 1 heterocycles. The van der Waals surface area contributed by atoms with E-state index in [0.29, 0.717) is 10.6 Å². The highest BCUT2D eigenvalue weighted by molar-refractivity contribution is 7.15. The molecule has 0 atom stereocenters. The van der Waals surface area contributed by atoms with Crippen LogP contribution in [0, 0.1) is 10.1 Å². The van der Waals surface area contributed by atoms with Crippen LogP contribution in [0.15, 0.2) is 30.3 Å². The van der Waals surface area contributed by atoms with Gasteiger partial charge in [-0.3, -0.25) is 25.0 Å². The van der Waals surface area contributed by atoms with E-state index in [0.717, 1.165) is 11.3 Å². The number of nitrogens with one attached hydrogen (secondary N) is 1. The lowest BCUT2D eigenvalue weighted by atomic mass is 10.2. The van der Waals surface area contributed by atoms with Crippen LogP contribution in [0.5, 0.6) is 0 Å². The van der Waals surface area contributed by atoms with Gasteiger partial charge in [-0.15, -0.1) is 10.2 Å². The number of hydrogen-bond donors (Lipinski definition) is 2. The molecule has 1 aromatic heterocycles. The van der Waals surface area contributed by atoms with Gasteiger partial charge in [-0.2, -0.15) is 0 Å². The summed E-state index contributed by atoms with van der Waals surface area (Å²) in [6.45, 7) is 0. The fourth-order valence-electron chi connectivity index (χ4n) is 1.65. The molecule has 24 heavy (non-hydrogen) atoms. The van der Waals surface area contributed by atoms with E-state index in [2.05, 4.69) is 15.5 Å². The maximum absolute atomic E-state index is 11.8. The average Bonchev–Trinajstić information content (AvgIpc) is 2.98. The number of nitro groups is 1. The van der Waals surface area contributed by atoms with Crippen molar-refractivity contribution in [2.45, 2.75) is 12.8 Å². The minimum absolute atomic E-state index is 0.0284. The summed E-state index contributed by atoms with van der Waals surface area (Å²) in [5, 5.41) is 30.0. The van der Waals surface area contributed by atoms with Gasteiger partial charge in [-0.25, -0.2) is 0 Å². The summed E-state index contributed by atoms with van der Waals surface area (Å²) in [4.78, 5) is 32.3. The molecule has 9 nitrogen and oxygen atoms in total. The van der Waals surface area contributed by atoms with Crippen molar-refractivity contribution in [3.05, 3.63) is 51.0 Å². The van der Waals surface area contributed by atoms with Gasteiger partial charge in [0, 0.05) is 24.6 Å². The first-order valence-corrected chi connectivity index (χ1v) is 7.53. The van der Waals surface area contributed by atoms with E-state index in [1.165, 1.54) is 36.4 Å². The zero-order valence-corrected chi connectivity index (χ0v) is 13.0. The van der Waals surface area contributed by atoms with Gasteiger partial charge in [0.15, 0.2) is 0 Å². The highest BCUT2D eigenvalue weighted by Gasteiger charge is 2.08. The number of nitro benzene ring substituents is 1. The number of aryl methyl sites for hydroxylation is 1. The van der Waals surface area contributed by atoms with Crippen molar-refractivity contribution in [2.75, 3.05) is 5.32 Å². The summed E-state index contributed by atoms with van der Waals surface area (Å²) in [6, 6.07) is 5.74. The van der Waals surface area contributed by atoms with Gasteiger partial charge in [0.25, 0.3) is 5.69 Å². The molecule has 1 aromatic carbocycles. The minimum Gasteiger partial charge on any atom is -0.481 e. The zero-order valence-electron chi connectivity index (χ0n) is 12.2. The van der Waals surface area contributed by atoms with Gasteiger partial charge in [-0.1, -0.05) is 11.3 Å². The molecule has 10 heteroatoms. The van der Waals surface area contributed by atoms with E-state index in [4.69, 9.17) is 5.11 Å². The van der Waals surface area contributed by atoms with E-state index < -0.39 is 16.8 Å². The van der Waals surface area contributed by atoms with Crippen LogP contribution in [0.1, 0.15) is 17.0 Å². The second-order valence-corrected chi connectivity index (χ2v) is 5.63. The van der Waals surface area contributed by atoms with Crippen LogP contribution in [0.4, 0.5) is 10.8 Å². The summed E-state index contributed by atoms with van der Waals surface area (Å²) in [5.41, 5.74) is 0.606. The number of carboxylic acid groups (broad SMARTS) is 1. The second-order valence-electron chi connectivity index (χ2n) is 4.57. The van der Waals surface area contributed by atoms with Crippen molar-refractivity contribution < 1.29 is 19.6 Å². The fourth-order valence-corrected chi connectivity index (χ4v) is 2.39. The molecule has 0 saturated carbocycles. The Morgan fingerprint density at radius 2 is 2.00 bits per heavy atom. The third-order valence-corrected chi connectivity index (χ3v) is 3.68. The fraction of sp³-hybridized carbons (Fsp3) is 0.143. The lowest BCUT2D eigenvalue weighted by Gasteiger charge is -1.96. The molecule has 0 bridgehead atoms. The smallest absolute Gasteiger partial charge is 0.303 e. The Bertz CT molecular complexity index is 785. The zero-order chi connectivity index (χ0) is 17.5. The van der Waals surface area contributed by atoms with Gasteiger partial charge >= 0.3 is 5.97 Å². The lowest BCUT2D eigenvalue weighted by molar-refractivity contribution is -0.384. The normalized spacial score (nSPS) is 10.7. The highest BCUT2D eigenvalue weighted by Crippen LogP contribution is 2.17. The molecule has 124 valence electrons. The van der Waals surface area contributed by atoms with Crippen LogP contribution in [0.25, 0.3) is 6.08 Å². The number of amides is 1. The molecule has 0 radical (unpaired) electrons. The number of aliphatic carboxylic acids is 1. The van der Waals surface area contributed by atoms with Crippen LogP contribution in [0.2, 0.25) is 0 Å². The number of nitrogens with zero attached hydrogens (tertiary/aromatic N) is 3. The minimum atomic E-state index is -0.929. The molecular formula is C14H12N4O5S. The number of carboxylic acids is 1. The monoisotopic (exact) mass is 348 g/mol. The van der Waals surface area contributed by atoms with E-state index in [9.17, 15) is 19.7 Å². The molecule has 2 aromatic rings. The number of anilines is 1. The van der Waals surface area contributed by atoms with E-state index in [-0.39, 0.29) is 23.7 Å². The first-order chi connectivity index (χ1) is 11.4. The Hall–Kier alpha value is -3.14. The quantitative estimate of drug-likeness (QED) is 0.444. The molecule has 0 saturated heterocycles. The van der Waals surface area contributed by atoms with Crippen LogP contribution < -0.4 is 5.32 Å². The Balaban J connectivity index is 1.90. The van der Waals surface area contributed by atoms with Crippen LogP contribution >= 0.6 is 11.3 Å². The highest BCUT2D eigenvalue weighted by atomic mass is 32.1. The van der Waals surface area contributed by atoms with Gasteiger partial charge in [0.1, 0.15) is 5.01 Å². The topological polar surface area (TPSA) is 135 Å². The molecule has 2 N–H and O–H groups in total. The largest absolute Gasteiger partial charge is 0.481 e. The van der Waals surface area contributed by atoms with E-state index >= 15 is 0 Å². The molecule has 0 spiro atoms. The Labute approximate surface area is 139 Å². The van der Waals surface area contributed by atoms with E-state index in [1.54, 1.807) is 0 Å². The molecule has 2 rings (SSSR count). The predicted molar refractivity (Wildman–Crippen MR) is 86.6 cm³/mol. The number of carbonyl (C=O) groups is 2. The van der Waals surface area contributed by atoms with Crippen LogP contribution in [0.3, 0.4) is 0 Å². The summed E-state index contributed by atoms with van der Waals surface area (Å²) < 4.78 is 0. The second kappa shape index (κ2) is 7.92. The Morgan fingerprint density at radius 3 is 2.62 bits per heavy atom. The first-order valence-electron chi connectivity index (χ1n) is 6.72. The summed E-state index contributed by atoms with van der Waals surface area (Å²) in [6.07, 6.45) is 2.97. The number of aromatic nitrogens is 2. The Morgan fingerprint density at radius 1 is 1.29 bits per heavy atom. The van der Waals surface area contributed by atoms with Crippen LogP contribution in [-0.4, -0.2) is 32.1 Å². The first kappa shape index (κ1) is 17.2. The van der Waals surface area contributed by atoms with Crippen molar-refractivity contribution in [3.8, 4) is 0 Å². The molecule has 0 aliphatic heterocycles.